The highest BCUT2D eigenvalue weighted by atomic mass is 16.2. The minimum Gasteiger partial charge on any atom is -0.358 e. The number of benzene rings is 1. The van der Waals surface area contributed by atoms with Crippen LogP contribution in [0.1, 0.15) is 55.8 Å². The summed E-state index contributed by atoms with van der Waals surface area (Å²) in [6.45, 7) is 3.92. The highest BCUT2D eigenvalue weighted by Gasteiger charge is 2.29. The average molecular weight is 367 g/mol. The lowest BCUT2D eigenvalue weighted by Crippen LogP contribution is -2.45. The maximum absolute atomic E-state index is 12.6. The Morgan fingerprint density at radius 1 is 1.26 bits per heavy atom. The van der Waals surface area contributed by atoms with Gasteiger partial charge in [-0.25, -0.2) is 0 Å². The second-order valence-electron chi connectivity index (χ2n) is 7.96. The number of aromatic amines is 1. The second kappa shape index (κ2) is 7.75. The van der Waals surface area contributed by atoms with Gasteiger partial charge in [0.05, 0.1) is 5.92 Å². The Bertz CT molecular complexity index is 855. The zero-order valence-electron chi connectivity index (χ0n) is 16.1. The van der Waals surface area contributed by atoms with Gasteiger partial charge in [-0.05, 0) is 61.8 Å². The lowest BCUT2D eigenvalue weighted by Gasteiger charge is -2.31. The second-order valence-corrected chi connectivity index (χ2v) is 7.96. The molecule has 4 rings (SSSR count). The third kappa shape index (κ3) is 3.73. The first-order chi connectivity index (χ1) is 13.2. The predicted octanol–water partition coefficient (Wildman–Crippen LogP) is 3.31. The maximum atomic E-state index is 12.6. The van der Waals surface area contributed by atoms with Crippen molar-refractivity contribution in [1.82, 2.24) is 15.2 Å². The number of carbonyl (C=O) groups is 2. The van der Waals surface area contributed by atoms with Gasteiger partial charge in [-0.2, -0.15) is 0 Å². The Kier molecular flexibility index (Phi) is 5.19. The van der Waals surface area contributed by atoms with Crippen molar-refractivity contribution < 1.29 is 9.59 Å². The molecular formula is C22H29N3O2. The van der Waals surface area contributed by atoms with Crippen LogP contribution in [0.3, 0.4) is 0 Å². The molecule has 1 unspecified atom stereocenters. The van der Waals surface area contributed by atoms with Gasteiger partial charge in [0, 0.05) is 42.7 Å². The van der Waals surface area contributed by atoms with E-state index < -0.39 is 0 Å². The van der Waals surface area contributed by atoms with Crippen molar-refractivity contribution in [2.24, 2.45) is 5.92 Å². The van der Waals surface area contributed by atoms with E-state index in [0.717, 1.165) is 31.4 Å². The zero-order chi connectivity index (χ0) is 18.8. The number of hydrogen-bond donors (Lipinski definition) is 2. The summed E-state index contributed by atoms with van der Waals surface area (Å²) in [6.07, 6.45) is 6.90. The smallest absolute Gasteiger partial charge is 0.225 e. The molecule has 1 aliphatic carbocycles. The summed E-state index contributed by atoms with van der Waals surface area (Å²) in [6, 6.07) is 6.46. The lowest BCUT2D eigenvalue weighted by molar-refractivity contribution is -0.138. The zero-order valence-corrected chi connectivity index (χ0v) is 16.1. The molecule has 1 aliphatic heterocycles. The van der Waals surface area contributed by atoms with Crippen molar-refractivity contribution >= 4 is 22.7 Å². The van der Waals surface area contributed by atoms with E-state index in [1.165, 1.54) is 35.0 Å². The minimum absolute atomic E-state index is 0.0693. The normalized spacial score (nSPS) is 20.0. The molecule has 1 atom stereocenters. The molecule has 1 saturated heterocycles. The number of nitrogens with one attached hydrogen (secondary N) is 2. The molecule has 0 radical (unpaired) electrons. The first kappa shape index (κ1) is 18.1. The standard InChI is InChI=1S/C22H29N3O2/c1-2-11-25-14-16(8-10-21(25)26)22(27)23-13-15-7-9-20-18(12-15)17-5-3-4-6-19(17)24-20/h7,9,12,16,24H,2-6,8,10-11,13-14H2,1H3,(H,23,27). The highest BCUT2D eigenvalue weighted by Crippen LogP contribution is 2.29. The molecule has 2 amide bonds. The number of rotatable bonds is 5. The fraction of sp³-hybridized carbons (Fsp3) is 0.545. The van der Waals surface area contributed by atoms with Crippen molar-refractivity contribution in [3.05, 3.63) is 35.0 Å². The highest BCUT2D eigenvalue weighted by molar-refractivity contribution is 5.86. The van der Waals surface area contributed by atoms with E-state index in [9.17, 15) is 9.59 Å². The number of fused-ring (bicyclic) bond motifs is 3. The van der Waals surface area contributed by atoms with E-state index in [-0.39, 0.29) is 17.7 Å². The number of nitrogens with zero attached hydrogens (tertiary/aromatic N) is 1. The van der Waals surface area contributed by atoms with Gasteiger partial charge in [-0.3, -0.25) is 9.59 Å². The molecular weight excluding hydrogens is 338 g/mol. The number of hydrogen-bond acceptors (Lipinski definition) is 2. The number of likely N-dealkylation sites (tertiary alicyclic amines) is 1. The molecule has 2 aromatic rings. The van der Waals surface area contributed by atoms with E-state index in [1.807, 2.05) is 4.90 Å². The summed E-state index contributed by atoms with van der Waals surface area (Å²) < 4.78 is 0. The largest absolute Gasteiger partial charge is 0.358 e. The van der Waals surface area contributed by atoms with Crippen LogP contribution in [0.4, 0.5) is 0 Å². The molecule has 0 spiro atoms. The van der Waals surface area contributed by atoms with Crippen molar-refractivity contribution in [3.8, 4) is 0 Å². The number of H-pyrrole nitrogens is 1. The van der Waals surface area contributed by atoms with Gasteiger partial charge in [-0.1, -0.05) is 13.0 Å². The fourth-order valence-electron chi connectivity index (χ4n) is 4.51. The van der Waals surface area contributed by atoms with E-state index in [4.69, 9.17) is 0 Å². The number of piperidine rings is 1. The van der Waals surface area contributed by atoms with Crippen molar-refractivity contribution in [1.29, 1.82) is 0 Å². The molecule has 27 heavy (non-hydrogen) atoms. The number of amides is 2. The topological polar surface area (TPSA) is 65.2 Å². The quantitative estimate of drug-likeness (QED) is 0.851. The molecule has 2 heterocycles. The van der Waals surface area contributed by atoms with E-state index in [0.29, 0.717) is 25.9 Å². The molecule has 144 valence electrons. The number of aromatic nitrogens is 1. The third-order valence-electron chi connectivity index (χ3n) is 5.99. The van der Waals surface area contributed by atoms with Crippen LogP contribution in [-0.2, 0) is 29.0 Å². The number of carbonyl (C=O) groups excluding carboxylic acids is 2. The SMILES string of the molecule is CCCN1CC(C(=O)NCc2ccc3[nH]c4c(c3c2)CCCC4)CCC1=O. The molecule has 5 heteroatoms. The summed E-state index contributed by atoms with van der Waals surface area (Å²) in [5.74, 6) is 0.168. The summed E-state index contributed by atoms with van der Waals surface area (Å²) in [4.78, 5) is 30.0. The summed E-state index contributed by atoms with van der Waals surface area (Å²) in [7, 11) is 0. The van der Waals surface area contributed by atoms with Gasteiger partial charge in [0.25, 0.3) is 0 Å². The minimum atomic E-state index is -0.0852. The number of aryl methyl sites for hydroxylation is 2. The predicted molar refractivity (Wildman–Crippen MR) is 106 cm³/mol. The monoisotopic (exact) mass is 367 g/mol. The van der Waals surface area contributed by atoms with Gasteiger partial charge in [-0.15, -0.1) is 0 Å². The van der Waals surface area contributed by atoms with Gasteiger partial charge in [0.15, 0.2) is 0 Å². The molecule has 0 saturated carbocycles. The third-order valence-corrected chi connectivity index (χ3v) is 5.99. The van der Waals surface area contributed by atoms with Crippen LogP contribution in [0.5, 0.6) is 0 Å². The van der Waals surface area contributed by atoms with Crippen molar-refractivity contribution in [3.63, 3.8) is 0 Å². The van der Waals surface area contributed by atoms with Gasteiger partial charge in [0.1, 0.15) is 0 Å². The van der Waals surface area contributed by atoms with Crippen molar-refractivity contribution in [2.45, 2.75) is 58.4 Å². The summed E-state index contributed by atoms with van der Waals surface area (Å²) >= 11 is 0. The Balaban J connectivity index is 1.41. The summed E-state index contributed by atoms with van der Waals surface area (Å²) in [5.41, 5.74) is 5.20. The van der Waals surface area contributed by atoms with E-state index in [2.05, 4.69) is 35.4 Å². The van der Waals surface area contributed by atoms with Crippen LogP contribution >= 0.6 is 0 Å². The van der Waals surface area contributed by atoms with E-state index >= 15 is 0 Å². The fourth-order valence-corrected chi connectivity index (χ4v) is 4.51. The lowest BCUT2D eigenvalue weighted by atomic mass is 9.95. The van der Waals surface area contributed by atoms with Crippen LogP contribution < -0.4 is 5.32 Å². The molecule has 1 aromatic carbocycles. The van der Waals surface area contributed by atoms with Crippen LogP contribution in [-0.4, -0.2) is 34.8 Å². The molecule has 0 bridgehead atoms. The molecule has 1 aromatic heterocycles. The van der Waals surface area contributed by atoms with Crippen LogP contribution in [0.2, 0.25) is 0 Å². The van der Waals surface area contributed by atoms with Crippen LogP contribution in [0.25, 0.3) is 10.9 Å². The van der Waals surface area contributed by atoms with Crippen molar-refractivity contribution in [2.75, 3.05) is 13.1 Å². The molecule has 1 fully saturated rings. The molecule has 2 aliphatic rings. The Labute approximate surface area is 160 Å². The van der Waals surface area contributed by atoms with Crippen LogP contribution in [0.15, 0.2) is 18.2 Å². The van der Waals surface area contributed by atoms with Crippen LogP contribution in [0, 0.1) is 5.92 Å². The summed E-state index contributed by atoms with van der Waals surface area (Å²) in [5, 5.41) is 4.41. The van der Waals surface area contributed by atoms with Gasteiger partial charge >= 0.3 is 0 Å². The Morgan fingerprint density at radius 3 is 2.96 bits per heavy atom. The van der Waals surface area contributed by atoms with E-state index in [1.54, 1.807) is 0 Å². The molecule has 5 nitrogen and oxygen atoms in total. The Hall–Kier alpha value is -2.30. The first-order valence-electron chi connectivity index (χ1n) is 10.3. The molecule has 2 N–H and O–H groups in total. The van der Waals surface area contributed by atoms with Gasteiger partial charge < -0.3 is 15.2 Å². The average Bonchev–Trinajstić information content (AvgIpc) is 3.06. The van der Waals surface area contributed by atoms with Gasteiger partial charge in [0.2, 0.25) is 11.8 Å². The maximum Gasteiger partial charge on any atom is 0.225 e. The first-order valence-corrected chi connectivity index (χ1v) is 10.3. The Morgan fingerprint density at radius 2 is 2.11 bits per heavy atom.